The molecule has 0 atom stereocenters. The van der Waals surface area contributed by atoms with Gasteiger partial charge in [-0.15, -0.1) is 10.2 Å². The van der Waals surface area contributed by atoms with Gasteiger partial charge in [0.1, 0.15) is 11.6 Å². The van der Waals surface area contributed by atoms with E-state index in [1.54, 1.807) is 0 Å². The first-order chi connectivity index (χ1) is 13.1. The Balaban J connectivity index is 1.48. The molecule has 1 aliphatic heterocycles. The minimum absolute atomic E-state index is 0.454. The first kappa shape index (κ1) is 20.2. The zero-order valence-electron chi connectivity index (χ0n) is 17.6. The Morgan fingerprint density at radius 2 is 1.93 bits per heavy atom. The normalized spacial score (nSPS) is 19.8. The summed E-state index contributed by atoms with van der Waals surface area (Å²) >= 11 is 0. The van der Waals surface area contributed by atoms with Gasteiger partial charge in [-0.05, 0) is 43.4 Å². The van der Waals surface area contributed by atoms with Crippen LogP contribution < -0.4 is 10.6 Å². The van der Waals surface area contributed by atoms with Crippen molar-refractivity contribution in [1.29, 1.82) is 0 Å². The number of hydrogen-bond donors (Lipinski definition) is 2. The van der Waals surface area contributed by atoms with Crippen molar-refractivity contribution in [2.75, 3.05) is 20.1 Å². The maximum Gasteiger partial charge on any atom is 0.191 e. The van der Waals surface area contributed by atoms with E-state index in [0.29, 0.717) is 5.41 Å². The van der Waals surface area contributed by atoms with Gasteiger partial charge in [-0.3, -0.25) is 4.99 Å². The van der Waals surface area contributed by atoms with Crippen molar-refractivity contribution >= 4 is 5.96 Å². The highest BCUT2D eigenvalue weighted by Gasteiger charge is 2.34. The molecule has 1 fully saturated rings. The molecule has 6 heteroatoms. The van der Waals surface area contributed by atoms with Crippen molar-refractivity contribution in [1.82, 2.24) is 25.4 Å². The Hall–Kier alpha value is -1.59. The summed E-state index contributed by atoms with van der Waals surface area (Å²) in [5, 5.41) is 15.9. The summed E-state index contributed by atoms with van der Waals surface area (Å²) in [5.41, 5.74) is 0.454. The molecule has 0 bridgehead atoms. The van der Waals surface area contributed by atoms with Crippen LogP contribution in [0.1, 0.15) is 76.9 Å². The van der Waals surface area contributed by atoms with Gasteiger partial charge in [0, 0.05) is 39.5 Å². The largest absolute Gasteiger partial charge is 0.356 e. The van der Waals surface area contributed by atoms with Crippen LogP contribution in [0.25, 0.3) is 0 Å². The zero-order valence-corrected chi connectivity index (χ0v) is 17.6. The fourth-order valence-corrected chi connectivity index (χ4v) is 4.96. The molecule has 1 aromatic heterocycles. The molecule has 3 rings (SSSR count). The van der Waals surface area contributed by atoms with E-state index in [1.165, 1.54) is 57.2 Å². The van der Waals surface area contributed by atoms with Gasteiger partial charge < -0.3 is 15.2 Å². The summed E-state index contributed by atoms with van der Waals surface area (Å²) in [6, 6.07) is 0. The second kappa shape index (κ2) is 9.56. The predicted molar refractivity (Wildman–Crippen MR) is 111 cm³/mol. The third-order valence-corrected chi connectivity index (χ3v) is 6.19. The van der Waals surface area contributed by atoms with Crippen molar-refractivity contribution in [2.24, 2.45) is 16.3 Å². The Labute approximate surface area is 164 Å². The summed E-state index contributed by atoms with van der Waals surface area (Å²) in [6.45, 7) is 7.63. The topological polar surface area (TPSA) is 67.1 Å². The van der Waals surface area contributed by atoms with Gasteiger partial charge in [0.05, 0.1) is 0 Å². The van der Waals surface area contributed by atoms with E-state index < -0.39 is 0 Å². The van der Waals surface area contributed by atoms with Crippen LogP contribution in [0.15, 0.2) is 4.99 Å². The van der Waals surface area contributed by atoms with Crippen molar-refractivity contribution < 1.29 is 0 Å². The lowest BCUT2D eigenvalue weighted by molar-refractivity contribution is 0.235. The van der Waals surface area contributed by atoms with E-state index >= 15 is 0 Å². The average molecular weight is 375 g/mol. The van der Waals surface area contributed by atoms with Crippen LogP contribution in [-0.2, 0) is 19.4 Å². The lowest BCUT2D eigenvalue weighted by Gasteiger charge is -2.31. The number of rotatable bonds is 7. The van der Waals surface area contributed by atoms with Crippen LogP contribution >= 0.6 is 0 Å². The quantitative estimate of drug-likeness (QED) is 0.567. The lowest BCUT2D eigenvalue weighted by Crippen LogP contribution is -2.44. The molecule has 2 heterocycles. The Morgan fingerprint density at radius 3 is 2.67 bits per heavy atom. The molecule has 0 saturated heterocycles. The fraction of sp³-hybridized carbons (Fsp3) is 0.857. The number of fused-ring (bicyclic) bond motifs is 1. The summed E-state index contributed by atoms with van der Waals surface area (Å²) in [4.78, 5) is 4.43. The molecule has 27 heavy (non-hydrogen) atoms. The van der Waals surface area contributed by atoms with Crippen molar-refractivity contribution in [3.63, 3.8) is 0 Å². The van der Waals surface area contributed by atoms with E-state index in [2.05, 4.69) is 44.2 Å². The van der Waals surface area contributed by atoms with Gasteiger partial charge in [-0.25, -0.2) is 0 Å². The molecule has 2 N–H and O–H groups in total. The molecule has 0 unspecified atom stereocenters. The number of aromatic nitrogens is 3. The minimum Gasteiger partial charge on any atom is -0.356 e. The third kappa shape index (κ3) is 5.45. The Kier molecular flexibility index (Phi) is 7.13. The molecule has 1 aromatic rings. The minimum atomic E-state index is 0.454. The molecule has 6 nitrogen and oxygen atoms in total. The van der Waals surface area contributed by atoms with Crippen molar-refractivity contribution in [3.05, 3.63) is 11.6 Å². The number of aryl methyl sites for hydroxylation is 1. The molecule has 2 aliphatic rings. The smallest absolute Gasteiger partial charge is 0.191 e. The number of hydrogen-bond acceptors (Lipinski definition) is 3. The van der Waals surface area contributed by atoms with Gasteiger partial charge in [-0.1, -0.05) is 33.1 Å². The van der Waals surface area contributed by atoms with E-state index in [0.717, 1.165) is 50.2 Å². The molecular weight excluding hydrogens is 336 g/mol. The van der Waals surface area contributed by atoms with E-state index in [1.807, 2.05) is 7.05 Å². The monoisotopic (exact) mass is 374 g/mol. The molecule has 1 aliphatic carbocycles. The SMILES string of the molecule is CN=C(NCCc1nnc2n1CCCCC2)NCC1(CC(C)C)CCCC1. The summed E-state index contributed by atoms with van der Waals surface area (Å²) in [7, 11) is 1.86. The highest BCUT2D eigenvalue weighted by atomic mass is 15.3. The van der Waals surface area contributed by atoms with Crippen LogP contribution in [0.5, 0.6) is 0 Å². The Bertz CT molecular complexity index is 612. The second-order valence-electron chi connectivity index (χ2n) is 8.90. The average Bonchev–Trinajstić information content (AvgIpc) is 3.18. The zero-order chi connectivity index (χ0) is 19.1. The van der Waals surface area contributed by atoms with Gasteiger partial charge in [0.2, 0.25) is 0 Å². The van der Waals surface area contributed by atoms with Gasteiger partial charge in [-0.2, -0.15) is 0 Å². The highest BCUT2D eigenvalue weighted by Crippen LogP contribution is 2.42. The molecule has 152 valence electrons. The van der Waals surface area contributed by atoms with E-state index in [9.17, 15) is 0 Å². The van der Waals surface area contributed by atoms with E-state index in [4.69, 9.17) is 0 Å². The molecule has 1 saturated carbocycles. The number of guanidine groups is 1. The first-order valence-corrected chi connectivity index (χ1v) is 11.0. The van der Waals surface area contributed by atoms with Gasteiger partial charge in [0.25, 0.3) is 0 Å². The van der Waals surface area contributed by atoms with Crippen LogP contribution in [0, 0.1) is 11.3 Å². The maximum atomic E-state index is 4.43. The first-order valence-electron chi connectivity index (χ1n) is 11.0. The number of nitrogens with one attached hydrogen (secondary N) is 2. The summed E-state index contributed by atoms with van der Waals surface area (Å²) in [6.07, 6.45) is 12.5. The van der Waals surface area contributed by atoms with Gasteiger partial charge >= 0.3 is 0 Å². The lowest BCUT2D eigenvalue weighted by atomic mass is 9.78. The summed E-state index contributed by atoms with van der Waals surface area (Å²) in [5.74, 6) is 3.95. The van der Waals surface area contributed by atoms with Crippen LogP contribution in [0.3, 0.4) is 0 Å². The number of nitrogens with zero attached hydrogens (tertiary/aromatic N) is 4. The molecule has 0 spiro atoms. The second-order valence-corrected chi connectivity index (χ2v) is 8.90. The van der Waals surface area contributed by atoms with Crippen LogP contribution in [0.2, 0.25) is 0 Å². The molecule has 0 aromatic carbocycles. The van der Waals surface area contributed by atoms with Crippen LogP contribution in [0.4, 0.5) is 0 Å². The maximum absolute atomic E-state index is 4.43. The Morgan fingerprint density at radius 1 is 1.11 bits per heavy atom. The third-order valence-electron chi connectivity index (χ3n) is 6.19. The van der Waals surface area contributed by atoms with Crippen molar-refractivity contribution in [2.45, 2.75) is 84.6 Å². The highest BCUT2D eigenvalue weighted by molar-refractivity contribution is 5.79. The molecule has 0 radical (unpaired) electrons. The molecule has 0 amide bonds. The number of aliphatic imine (C=N–C) groups is 1. The van der Waals surface area contributed by atoms with Crippen molar-refractivity contribution in [3.8, 4) is 0 Å². The van der Waals surface area contributed by atoms with E-state index in [-0.39, 0.29) is 0 Å². The summed E-state index contributed by atoms with van der Waals surface area (Å²) < 4.78 is 2.33. The van der Waals surface area contributed by atoms with Crippen LogP contribution in [-0.4, -0.2) is 40.9 Å². The van der Waals surface area contributed by atoms with Gasteiger partial charge in [0.15, 0.2) is 5.96 Å². The standard InChI is InChI=1S/C21H38N6/c1-17(2)15-21(11-6-7-12-21)16-24-20(22-3)23-13-10-19-26-25-18-9-5-4-8-14-27(18)19/h17H,4-16H2,1-3H3,(H2,22,23,24). The predicted octanol–water partition coefficient (Wildman–Crippen LogP) is 3.32. The molecular formula is C21H38N6. The fourth-order valence-electron chi connectivity index (χ4n) is 4.96.